The molecule has 0 bridgehead atoms. The second-order valence-electron chi connectivity index (χ2n) is 6.30. The fraction of sp³-hybridized carbons (Fsp3) is 0.588. The SMILES string of the molecule is COCO[C@@](CC(C)C)(c1ccccc1I)N(C(=O)O)C1CC1. The first kappa shape index (κ1) is 18.5. The molecule has 0 spiro atoms. The number of amides is 1. The molecule has 0 saturated heterocycles. The number of carboxylic acid groups (broad SMARTS) is 1. The van der Waals surface area contributed by atoms with E-state index in [4.69, 9.17) is 9.47 Å². The lowest BCUT2D eigenvalue weighted by Crippen LogP contribution is -2.53. The summed E-state index contributed by atoms with van der Waals surface area (Å²) in [4.78, 5) is 13.6. The number of halogens is 1. The quantitative estimate of drug-likeness (QED) is 0.492. The number of benzene rings is 1. The molecular formula is C17H24INO4. The summed E-state index contributed by atoms with van der Waals surface area (Å²) in [7, 11) is 1.55. The molecule has 1 atom stereocenters. The Balaban J connectivity index is 2.57. The summed E-state index contributed by atoms with van der Waals surface area (Å²) in [5.41, 5.74) is -0.129. The third-order valence-electron chi connectivity index (χ3n) is 3.90. The van der Waals surface area contributed by atoms with Gasteiger partial charge in [-0.05, 0) is 47.4 Å². The van der Waals surface area contributed by atoms with Gasteiger partial charge in [-0.1, -0.05) is 32.0 Å². The Kier molecular flexibility index (Phi) is 6.27. The molecule has 23 heavy (non-hydrogen) atoms. The van der Waals surface area contributed by atoms with Crippen molar-refractivity contribution in [2.45, 2.75) is 44.9 Å². The van der Waals surface area contributed by atoms with E-state index in [0.717, 1.165) is 22.0 Å². The lowest BCUT2D eigenvalue weighted by Gasteiger charge is -2.44. The Morgan fingerprint density at radius 1 is 1.43 bits per heavy atom. The van der Waals surface area contributed by atoms with Gasteiger partial charge < -0.3 is 14.6 Å². The van der Waals surface area contributed by atoms with Gasteiger partial charge in [-0.3, -0.25) is 4.90 Å². The zero-order valence-corrected chi connectivity index (χ0v) is 15.9. The zero-order valence-electron chi connectivity index (χ0n) is 13.8. The molecule has 1 aliphatic rings. The third-order valence-corrected chi connectivity index (χ3v) is 4.84. The molecule has 128 valence electrons. The van der Waals surface area contributed by atoms with Crippen molar-refractivity contribution in [3.63, 3.8) is 0 Å². The fourth-order valence-electron chi connectivity index (χ4n) is 2.97. The Morgan fingerprint density at radius 2 is 2.09 bits per heavy atom. The minimum atomic E-state index is -1.02. The maximum absolute atomic E-state index is 12.1. The van der Waals surface area contributed by atoms with Crippen molar-refractivity contribution < 1.29 is 19.4 Å². The summed E-state index contributed by atoms with van der Waals surface area (Å²) in [6.07, 6.45) is 1.40. The van der Waals surface area contributed by atoms with Crippen LogP contribution in [0.2, 0.25) is 0 Å². The van der Waals surface area contributed by atoms with Gasteiger partial charge in [0.05, 0.1) is 0 Å². The molecule has 0 aromatic heterocycles. The smallest absolute Gasteiger partial charge is 0.410 e. The summed E-state index contributed by atoms with van der Waals surface area (Å²) >= 11 is 2.24. The molecule has 1 fully saturated rings. The van der Waals surface area contributed by atoms with E-state index in [1.54, 1.807) is 7.11 Å². The first-order valence-electron chi connectivity index (χ1n) is 7.82. The van der Waals surface area contributed by atoms with Crippen LogP contribution in [0.4, 0.5) is 4.79 Å². The van der Waals surface area contributed by atoms with Crippen molar-refractivity contribution in [3.05, 3.63) is 33.4 Å². The Hall–Kier alpha value is -0.860. The van der Waals surface area contributed by atoms with Crippen LogP contribution in [0.1, 0.15) is 38.7 Å². The van der Waals surface area contributed by atoms with E-state index in [-0.39, 0.29) is 18.8 Å². The van der Waals surface area contributed by atoms with Gasteiger partial charge in [-0.2, -0.15) is 0 Å². The van der Waals surface area contributed by atoms with E-state index in [1.807, 2.05) is 24.3 Å². The first-order valence-corrected chi connectivity index (χ1v) is 8.90. The second-order valence-corrected chi connectivity index (χ2v) is 7.46. The summed E-state index contributed by atoms with van der Waals surface area (Å²) in [5.74, 6) is 0.267. The number of rotatable bonds is 8. The topological polar surface area (TPSA) is 59.0 Å². The normalized spacial score (nSPS) is 17.1. The van der Waals surface area contributed by atoms with Crippen LogP contribution >= 0.6 is 22.6 Å². The number of hydrogen-bond donors (Lipinski definition) is 1. The van der Waals surface area contributed by atoms with Crippen molar-refractivity contribution in [2.24, 2.45) is 5.92 Å². The summed E-state index contributed by atoms with van der Waals surface area (Å²) in [5, 5.41) is 9.89. The summed E-state index contributed by atoms with van der Waals surface area (Å²) in [6, 6.07) is 7.82. The van der Waals surface area contributed by atoms with Crippen molar-refractivity contribution in [3.8, 4) is 0 Å². The molecule has 0 radical (unpaired) electrons. The van der Waals surface area contributed by atoms with Crippen LogP contribution in [0.5, 0.6) is 0 Å². The van der Waals surface area contributed by atoms with Crippen molar-refractivity contribution in [1.29, 1.82) is 0 Å². The molecule has 0 unspecified atom stereocenters. The third kappa shape index (κ3) is 4.16. The van der Waals surface area contributed by atoms with E-state index in [1.165, 1.54) is 4.90 Å². The lowest BCUT2D eigenvalue weighted by molar-refractivity contribution is -0.211. The van der Waals surface area contributed by atoms with E-state index in [2.05, 4.69) is 36.4 Å². The van der Waals surface area contributed by atoms with Crippen molar-refractivity contribution in [1.82, 2.24) is 4.90 Å². The van der Waals surface area contributed by atoms with Crippen LogP contribution in [0.3, 0.4) is 0 Å². The van der Waals surface area contributed by atoms with Gasteiger partial charge in [-0.15, -0.1) is 0 Å². The largest absolute Gasteiger partial charge is 0.465 e. The van der Waals surface area contributed by atoms with Crippen LogP contribution in [0.15, 0.2) is 24.3 Å². The van der Waals surface area contributed by atoms with Crippen LogP contribution in [0.25, 0.3) is 0 Å². The molecule has 0 aliphatic heterocycles. The average Bonchev–Trinajstić information content (AvgIpc) is 3.29. The van der Waals surface area contributed by atoms with Crippen LogP contribution in [-0.4, -0.2) is 36.0 Å². The van der Waals surface area contributed by atoms with Crippen molar-refractivity contribution in [2.75, 3.05) is 13.9 Å². The van der Waals surface area contributed by atoms with E-state index < -0.39 is 11.8 Å². The van der Waals surface area contributed by atoms with Crippen LogP contribution in [0, 0.1) is 9.49 Å². The maximum Gasteiger partial charge on any atom is 0.410 e. The molecule has 1 aromatic carbocycles. The molecule has 1 saturated carbocycles. The fourth-order valence-corrected chi connectivity index (χ4v) is 3.78. The number of ether oxygens (including phenoxy) is 2. The minimum absolute atomic E-state index is 0.0131. The highest BCUT2D eigenvalue weighted by molar-refractivity contribution is 14.1. The standard InChI is InChI=1S/C17H24INO4/c1-12(2)10-17(23-11-22-3,14-6-4-5-7-15(14)18)19(16(20)21)13-8-9-13/h4-7,12-13H,8-11H2,1-3H3,(H,20,21)/t17-/m0/s1. The van der Waals surface area contributed by atoms with Gasteiger partial charge in [0, 0.05) is 28.7 Å². The average molecular weight is 433 g/mol. The summed E-state index contributed by atoms with van der Waals surface area (Å²) < 4.78 is 12.2. The monoisotopic (exact) mass is 433 g/mol. The van der Waals surface area contributed by atoms with Gasteiger partial charge in [-0.25, -0.2) is 4.79 Å². The molecule has 0 heterocycles. The summed E-state index contributed by atoms with van der Waals surface area (Å²) in [6.45, 7) is 4.20. The molecule has 1 aromatic rings. The predicted octanol–water partition coefficient (Wildman–Crippen LogP) is 4.25. The van der Waals surface area contributed by atoms with Gasteiger partial charge in [0.15, 0.2) is 5.72 Å². The molecule has 1 N–H and O–H groups in total. The zero-order chi connectivity index (χ0) is 17.0. The highest BCUT2D eigenvalue weighted by Crippen LogP contribution is 2.44. The lowest BCUT2D eigenvalue weighted by atomic mass is 9.91. The van der Waals surface area contributed by atoms with E-state index >= 15 is 0 Å². The second kappa shape index (κ2) is 7.81. The Labute approximate surface area is 151 Å². The number of carbonyl (C=O) groups is 1. The molecular weight excluding hydrogens is 409 g/mol. The maximum atomic E-state index is 12.1. The number of hydrogen-bond acceptors (Lipinski definition) is 3. The van der Waals surface area contributed by atoms with Gasteiger partial charge in [0.1, 0.15) is 6.79 Å². The van der Waals surface area contributed by atoms with Crippen LogP contribution < -0.4 is 0 Å². The molecule has 5 nitrogen and oxygen atoms in total. The molecule has 2 rings (SSSR count). The number of nitrogens with zero attached hydrogens (tertiary/aromatic N) is 1. The van der Waals surface area contributed by atoms with Gasteiger partial charge in [0.25, 0.3) is 0 Å². The molecule has 6 heteroatoms. The van der Waals surface area contributed by atoms with E-state index in [0.29, 0.717) is 6.42 Å². The Morgan fingerprint density at radius 3 is 2.57 bits per heavy atom. The Bertz CT molecular complexity index is 547. The highest BCUT2D eigenvalue weighted by atomic mass is 127. The van der Waals surface area contributed by atoms with Crippen LogP contribution in [-0.2, 0) is 15.2 Å². The van der Waals surface area contributed by atoms with E-state index in [9.17, 15) is 9.90 Å². The number of methoxy groups -OCH3 is 1. The van der Waals surface area contributed by atoms with Gasteiger partial charge >= 0.3 is 6.09 Å². The van der Waals surface area contributed by atoms with Gasteiger partial charge in [0.2, 0.25) is 0 Å². The molecule has 1 amide bonds. The van der Waals surface area contributed by atoms with Crippen molar-refractivity contribution >= 4 is 28.7 Å². The predicted molar refractivity (Wildman–Crippen MR) is 96.1 cm³/mol. The first-order chi connectivity index (χ1) is 10.9. The minimum Gasteiger partial charge on any atom is -0.465 e. The molecule has 1 aliphatic carbocycles. The highest BCUT2D eigenvalue weighted by Gasteiger charge is 2.50.